The zero-order valence-electron chi connectivity index (χ0n) is 18.1. The fourth-order valence-electron chi connectivity index (χ4n) is 5.24. The molecule has 1 spiro atoms. The van der Waals surface area contributed by atoms with Crippen LogP contribution < -0.4 is 4.74 Å². The minimum atomic E-state index is -0.130. The van der Waals surface area contributed by atoms with Crippen molar-refractivity contribution in [3.8, 4) is 5.75 Å². The number of methoxy groups -OCH3 is 1. The second-order valence-corrected chi connectivity index (χ2v) is 9.40. The summed E-state index contributed by atoms with van der Waals surface area (Å²) in [4.78, 5) is 30.2. The topological polar surface area (TPSA) is 54.8 Å². The van der Waals surface area contributed by atoms with E-state index in [-0.39, 0.29) is 17.4 Å². The SMILES string of the molecule is COc1ccc(C(=O)N2CCC3(CC2)c2ccc(C(=O)C4CC4)n2CCN3C)cc1Cl. The summed E-state index contributed by atoms with van der Waals surface area (Å²) in [5, 5.41) is 0.444. The summed E-state index contributed by atoms with van der Waals surface area (Å²) in [6, 6.07) is 9.35. The number of ketones is 1. The quantitative estimate of drug-likeness (QED) is 0.677. The molecule has 6 nitrogen and oxygen atoms in total. The van der Waals surface area contributed by atoms with Gasteiger partial charge in [0.1, 0.15) is 5.75 Å². The van der Waals surface area contributed by atoms with Crippen LogP contribution in [0.5, 0.6) is 5.75 Å². The smallest absolute Gasteiger partial charge is 0.253 e. The molecule has 0 atom stereocenters. The maximum atomic E-state index is 13.1. The molecule has 2 fully saturated rings. The number of ether oxygens (including phenoxy) is 1. The Kier molecular flexibility index (Phi) is 5.10. The third-order valence-corrected chi connectivity index (χ3v) is 7.62. The molecule has 1 aromatic heterocycles. The summed E-state index contributed by atoms with van der Waals surface area (Å²) in [6.07, 6.45) is 3.74. The van der Waals surface area contributed by atoms with Gasteiger partial charge >= 0.3 is 0 Å². The molecule has 1 saturated carbocycles. The second kappa shape index (κ2) is 7.68. The first-order valence-corrected chi connectivity index (χ1v) is 11.4. The number of nitrogens with zero attached hydrogens (tertiary/aromatic N) is 3. The van der Waals surface area contributed by atoms with Gasteiger partial charge in [0.25, 0.3) is 5.91 Å². The molecule has 0 N–H and O–H groups in total. The van der Waals surface area contributed by atoms with Crippen molar-refractivity contribution in [2.75, 3.05) is 33.8 Å². The lowest BCUT2D eigenvalue weighted by Gasteiger charge is -2.50. The molecule has 7 heteroatoms. The maximum absolute atomic E-state index is 13.1. The average Bonchev–Trinajstić information content (AvgIpc) is 3.54. The van der Waals surface area contributed by atoms with Crippen molar-refractivity contribution < 1.29 is 14.3 Å². The second-order valence-electron chi connectivity index (χ2n) is 8.99. The van der Waals surface area contributed by atoms with Crippen molar-refractivity contribution in [1.29, 1.82) is 0 Å². The number of benzene rings is 1. The van der Waals surface area contributed by atoms with E-state index in [2.05, 4.69) is 22.6 Å². The molecule has 0 bridgehead atoms. The molecule has 1 aliphatic carbocycles. The number of aromatic nitrogens is 1. The molecular formula is C24H28ClN3O3. The van der Waals surface area contributed by atoms with Crippen LogP contribution in [0.15, 0.2) is 30.3 Å². The highest BCUT2D eigenvalue weighted by atomic mass is 35.5. The lowest BCUT2D eigenvalue weighted by Crippen LogP contribution is -2.56. The van der Waals surface area contributed by atoms with Crippen molar-refractivity contribution in [2.24, 2.45) is 5.92 Å². The number of hydrogen-bond donors (Lipinski definition) is 0. The third-order valence-electron chi connectivity index (χ3n) is 7.32. The minimum Gasteiger partial charge on any atom is -0.495 e. The van der Waals surface area contributed by atoms with E-state index in [1.54, 1.807) is 25.3 Å². The van der Waals surface area contributed by atoms with Gasteiger partial charge in [0.2, 0.25) is 0 Å². The lowest BCUT2D eigenvalue weighted by molar-refractivity contribution is 0.0127. The average molecular weight is 442 g/mol. The van der Waals surface area contributed by atoms with Crippen molar-refractivity contribution in [2.45, 2.75) is 37.8 Å². The Morgan fingerprint density at radius 1 is 1.06 bits per heavy atom. The molecule has 1 amide bonds. The van der Waals surface area contributed by atoms with Gasteiger partial charge < -0.3 is 14.2 Å². The largest absolute Gasteiger partial charge is 0.495 e. The fraction of sp³-hybridized carbons (Fsp3) is 0.500. The monoisotopic (exact) mass is 441 g/mol. The minimum absolute atomic E-state index is 0.00199. The third kappa shape index (κ3) is 3.37. The van der Waals surface area contributed by atoms with E-state index >= 15 is 0 Å². The number of fused-ring (bicyclic) bond motifs is 2. The fourth-order valence-corrected chi connectivity index (χ4v) is 5.50. The van der Waals surface area contributed by atoms with Crippen LogP contribution in [0.2, 0.25) is 5.02 Å². The van der Waals surface area contributed by atoms with Gasteiger partial charge in [-0.25, -0.2) is 0 Å². The number of halogens is 1. The van der Waals surface area contributed by atoms with Gasteiger partial charge in [-0.2, -0.15) is 0 Å². The van der Waals surface area contributed by atoms with Crippen molar-refractivity contribution in [1.82, 2.24) is 14.4 Å². The van der Waals surface area contributed by atoms with Gasteiger partial charge in [-0.05, 0) is 63.1 Å². The highest BCUT2D eigenvalue weighted by Crippen LogP contribution is 2.43. The van der Waals surface area contributed by atoms with Gasteiger partial charge in [-0.1, -0.05) is 11.6 Å². The number of amides is 1. The van der Waals surface area contributed by atoms with E-state index in [1.165, 1.54) is 5.69 Å². The summed E-state index contributed by atoms with van der Waals surface area (Å²) in [5.74, 6) is 1.09. The van der Waals surface area contributed by atoms with E-state index in [1.807, 2.05) is 11.0 Å². The van der Waals surface area contributed by atoms with Crippen LogP contribution in [0.1, 0.15) is 52.2 Å². The molecule has 0 radical (unpaired) electrons. The van der Waals surface area contributed by atoms with Crippen molar-refractivity contribution in [3.05, 3.63) is 52.3 Å². The van der Waals surface area contributed by atoms with Gasteiger partial charge in [-0.15, -0.1) is 0 Å². The number of likely N-dealkylation sites (N-methyl/N-ethyl adjacent to an activating group) is 1. The zero-order chi connectivity index (χ0) is 21.8. The van der Waals surface area contributed by atoms with E-state index in [0.717, 1.165) is 44.5 Å². The standard InChI is InChI=1S/C24H28ClN3O3/c1-26-13-14-28-19(22(29)16-3-4-16)6-8-21(28)24(26)9-11-27(12-10-24)23(30)17-5-7-20(31-2)18(25)15-17/h5-8,15-16H,3-4,9-14H2,1-2H3. The molecule has 0 unspecified atom stereocenters. The van der Waals surface area contributed by atoms with Gasteiger partial charge in [-0.3, -0.25) is 14.5 Å². The zero-order valence-corrected chi connectivity index (χ0v) is 18.8. The van der Waals surface area contributed by atoms with Crippen LogP contribution in [-0.2, 0) is 12.1 Å². The number of hydrogen-bond acceptors (Lipinski definition) is 4. The van der Waals surface area contributed by atoms with Crippen LogP contribution >= 0.6 is 11.6 Å². The Labute approximate surface area is 187 Å². The molecule has 31 heavy (non-hydrogen) atoms. The molecule has 2 aliphatic heterocycles. The predicted molar refractivity (Wildman–Crippen MR) is 119 cm³/mol. The molecule has 1 saturated heterocycles. The van der Waals surface area contributed by atoms with Crippen molar-refractivity contribution in [3.63, 3.8) is 0 Å². The van der Waals surface area contributed by atoms with E-state index in [0.29, 0.717) is 35.2 Å². The number of likely N-dealkylation sites (tertiary alicyclic amines) is 1. The Morgan fingerprint density at radius 2 is 1.81 bits per heavy atom. The van der Waals surface area contributed by atoms with Crippen LogP contribution in [0.4, 0.5) is 0 Å². The van der Waals surface area contributed by atoms with Gasteiger partial charge in [0.15, 0.2) is 5.78 Å². The number of Topliss-reactive ketones (excluding diaryl/α,β-unsaturated/α-hetero) is 1. The number of carbonyl (C=O) groups is 2. The number of piperidine rings is 1. The first kappa shape index (κ1) is 20.6. The van der Waals surface area contributed by atoms with Crippen LogP contribution in [0, 0.1) is 5.92 Å². The van der Waals surface area contributed by atoms with Gasteiger partial charge in [0.05, 0.1) is 23.4 Å². The van der Waals surface area contributed by atoms with Crippen LogP contribution in [0.3, 0.4) is 0 Å². The lowest BCUT2D eigenvalue weighted by atomic mass is 9.81. The molecule has 5 rings (SSSR count). The molecule has 3 aliphatic rings. The summed E-state index contributed by atoms with van der Waals surface area (Å²) in [7, 11) is 3.73. The first-order chi connectivity index (χ1) is 14.9. The number of carbonyl (C=O) groups excluding carboxylic acids is 2. The summed E-state index contributed by atoms with van der Waals surface area (Å²) in [5.41, 5.74) is 2.55. The Hall–Kier alpha value is -2.31. The van der Waals surface area contributed by atoms with Crippen LogP contribution in [-0.4, -0.2) is 59.8 Å². The van der Waals surface area contributed by atoms with Crippen LogP contribution in [0.25, 0.3) is 0 Å². The Morgan fingerprint density at radius 3 is 2.45 bits per heavy atom. The van der Waals surface area contributed by atoms with Crippen molar-refractivity contribution >= 4 is 23.3 Å². The van der Waals surface area contributed by atoms with E-state index < -0.39 is 0 Å². The Bertz CT molecular complexity index is 1030. The molecule has 164 valence electrons. The normalized spacial score (nSPS) is 20.5. The Balaban J connectivity index is 1.36. The predicted octanol–water partition coefficient (Wildman–Crippen LogP) is 3.82. The molecule has 2 aromatic rings. The van der Waals surface area contributed by atoms with E-state index in [9.17, 15) is 9.59 Å². The highest BCUT2D eigenvalue weighted by molar-refractivity contribution is 6.32. The maximum Gasteiger partial charge on any atom is 0.253 e. The van der Waals surface area contributed by atoms with Gasteiger partial charge in [0, 0.05) is 43.4 Å². The highest BCUT2D eigenvalue weighted by Gasteiger charge is 2.46. The molecule has 3 heterocycles. The summed E-state index contributed by atoms with van der Waals surface area (Å²) in [6.45, 7) is 3.10. The number of rotatable bonds is 4. The van der Waals surface area contributed by atoms with E-state index in [4.69, 9.17) is 16.3 Å². The summed E-state index contributed by atoms with van der Waals surface area (Å²) >= 11 is 6.23. The first-order valence-electron chi connectivity index (χ1n) is 11.0. The molecular weight excluding hydrogens is 414 g/mol. The summed E-state index contributed by atoms with van der Waals surface area (Å²) < 4.78 is 7.45. The molecule has 1 aromatic carbocycles.